The van der Waals surface area contributed by atoms with Gasteiger partial charge in [0.1, 0.15) is 5.76 Å². The lowest BCUT2D eigenvalue weighted by Crippen LogP contribution is -2.21. The summed E-state index contributed by atoms with van der Waals surface area (Å²) in [5, 5.41) is 3.40. The zero-order chi connectivity index (χ0) is 10.7. The van der Waals surface area contributed by atoms with Gasteiger partial charge >= 0.3 is 0 Å². The van der Waals surface area contributed by atoms with Crippen molar-refractivity contribution in [2.24, 2.45) is 5.92 Å². The molecule has 3 heteroatoms. The number of aryl methyl sites for hydroxylation is 1. The average Bonchev–Trinajstić information content (AvgIpc) is 2.84. The van der Waals surface area contributed by atoms with Crippen LogP contribution in [0.2, 0.25) is 0 Å². The molecule has 1 saturated heterocycles. The first-order valence-corrected chi connectivity index (χ1v) is 5.74. The number of nitrogens with zero attached hydrogens (tertiary/aromatic N) is 1. The smallest absolute Gasteiger partial charge is 0.195 e. The largest absolute Gasteiger partial charge is 0.446 e. The Bertz CT molecular complexity index is 302. The predicted octanol–water partition coefficient (Wildman–Crippen LogP) is 2.02. The molecule has 2 heterocycles. The second-order valence-corrected chi connectivity index (χ2v) is 4.45. The van der Waals surface area contributed by atoms with Crippen LogP contribution in [0.25, 0.3) is 0 Å². The van der Waals surface area contributed by atoms with Gasteiger partial charge in [0, 0.05) is 19.7 Å². The van der Waals surface area contributed by atoms with Crippen molar-refractivity contribution in [3.63, 3.8) is 0 Å². The zero-order valence-corrected chi connectivity index (χ0v) is 9.62. The van der Waals surface area contributed by atoms with E-state index in [1.54, 1.807) is 0 Å². The standard InChI is InChI=1S/C12H20N2O/c1-10-3-4-12(15-10)14(2)8-6-11-5-7-13-9-11/h3-4,11,13H,5-9H2,1-2H3. The van der Waals surface area contributed by atoms with E-state index in [9.17, 15) is 0 Å². The lowest BCUT2D eigenvalue weighted by molar-refractivity contribution is 0.496. The van der Waals surface area contributed by atoms with Crippen LogP contribution in [-0.4, -0.2) is 26.7 Å². The second kappa shape index (κ2) is 4.71. The maximum atomic E-state index is 5.57. The molecule has 1 fully saturated rings. The van der Waals surface area contributed by atoms with Gasteiger partial charge in [0.15, 0.2) is 5.88 Å². The molecular weight excluding hydrogens is 188 g/mol. The molecule has 1 aliphatic heterocycles. The van der Waals surface area contributed by atoms with Crippen LogP contribution in [0.3, 0.4) is 0 Å². The van der Waals surface area contributed by atoms with Crippen molar-refractivity contribution in [1.29, 1.82) is 0 Å². The van der Waals surface area contributed by atoms with E-state index in [1.807, 2.05) is 19.1 Å². The Morgan fingerprint density at radius 3 is 3.00 bits per heavy atom. The van der Waals surface area contributed by atoms with Gasteiger partial charge in [-0.2, -0.15) is 0 Å². The van der Waals surface area contributed by atoms with Crippen LogP contribution < -0.4 is 10.2 Å². The molecule has 0 saturated carbocycles. The molecule has 0 radical (unpaired) electrons. The molecule has 3 nitrogen and oxygen atoms in total. The summed E-state index contributed by atoms with van der Waals surface area (Å²) < 4.78 is 5.57. The minimum atomic E-state index is 0.850. The molecular formula is C12H20N2O. The first-order valence-electron chi connectivity index (χ1n) is 5.74. The van der Waals surface area contributed by atoms with Crippen molar-refractivity contribution in [3.05, 3.63) is 17.9 Å². The van der Waals surface area contributed by atoms with Gasteiger partial charge in [0.05, 0.1) is 0 Å². The van der Waals surface area contributed by atoms with E-state index in [2.05, 4.69) is 17.3 Å². The van der Waals surface area contributed by atoms with Crippen LogP contribution in [-0.2, 0) is 0 Å². The Morgan fingerprint density at radius 1 is 1.53 bits per heavy atom. The molecule has 0 bridgehead atoms. The van der Waals surface area contributed by atoms with Gasteiger partial charge < -0.3 is 14.6 Å². The molecule has 84 valence electrons. The van der Waals surface area contributed by atoms with Crippen molar-refractivity contribution >= 4 is 5.88 Å². The molecule has 0 aliphatic carbocycles. The minimum absolute atomic E-state index is 0.850. The Balaban J connectivity index is 1.79. The van der Waals surface area contributed by atoms with Crippen LogP contribution in [0.1, 0.15) is 18.6 Å². The van der Waals surface area contributed by atoms with E-state index in [-0.39, 0.29) is 0 Å². The second-order valence-electron chi connectivity index (χ2n) is 4.45. The van der Waals surface area contributed by atoms with Crippen molar-refractivity contribution in [1.82, 2.24) is 5.32 Å². The maximum absolute atomic E-state index is 5.57. The Hall–Kier alpha value is -0.960. The van der Waals surface area contributed by atoms with Crippen LogP contribution in [0.4, 0.5) is 5.88 Å². The fraction of sp³-hybridized carbons (Fsp3) is 0.667. The summed E-state index contributed by atoms with van der Waals surface area (Å²) in [6.07, 6.45) is 2.58. The molecule has 1 aromatic rings. The van der Waals surface area contributed by atoms with Crippen molar-refractivity contribution in [2.45, 2.75) is 19.8 Å². The molecule has 15 heavy (non-hydrogen) atoms. The first-order chi connectivity index (χ1) is 7.25. The molecule has 0 aromatic carbocycles. The molecule has 1 unspecified atom stereocenters. The Kier molecular flexibility index (Phi) is 3.31. The third-order valence-electron chi connectivity index (χ3n) is 3.14. The zero-order valence-electron chi connectivity index (χ0n) is 9.62. The number of rotatable bonds is 4. The Morgan fingerprint density at radius 2 is 2.40 bits per heavy atom. The van der Waals surface area contributed by atoms with E-state index < -0.39 is 0 Å². The van der Waals surface area contributed by atoms with Crippen molar-refractivity contribution in [2.75, 3.05) is 31.6 Å². The summed E-state index contributed by atoms with van der Waals surface area (Å²) in [5.41, 5.74) is 0. The van der Waals surface area contributed by atoms with E-state index >= 15 is 0 Å². The van der Waals surface area contributed by atoms with Gasteiger partial charge in [-0.15, -0.1) is 0 Å². The highest BCUT2D eigenvalue weighted by Crippen LogP contribution is 2.19. The highest BCUT2D eigenvalue weighted by molar-refractivity contribution is 5.34. The third-order valence-corrected chi connectivity index (χ3v) is 3.14. The number of hydrogen-bond acceptors (Lipinski definition) is 3. The van der Waals surface area contributed by atoms with Gasteiger partial charge in [-0.3, -0.25) is 0 Å². The number of anilines is 1. The third kappa shape index (κ3) is 2.75. The lowest BCUT2D eigenvalue weighted by Gasteiger charge is -2.17. The summed E-state index contributed by atoms with van der Waals surface area (Å²) in [7, 11) is 2.10. The monoisotopic (exact) mass is 208 g/mol. The minimum Gasteiger partial charge on any atom is -0.446 e. The molecule has 1 N–H and O–H groups in total. The lowest BCUT2D eigenvalue weighted by atomic mass is 10.1. The van der Waals surface area contributed by atoms with Crippen molar-refractivity contribution in [3.8, 4) is 0 Å². The normalized spacial score (nSPS) is 20.8. The maximum Gasteiger partial charge on any atom is 0.195 e. The van der Waals surface area contributed by atoms with Gasteiger partial charge in [0.25, 0.3) is 0 Å². The van der Waals surface area contributed by atoms with Crippen LogP contribution in [0.5, 0.6) is 0 Å². The predicted molar refractivity (Wildman–Crippen MR) is 62.3 cm³/mol. The Labute approximate surface area is 91.4 Å². The summed E-state index contributed by atoms with van der Waals surface area (Å²) in [4.78, 5) is 2.20. The molecule has 0 amide bonds. The van der Waals surface area contributed by atoms with E-state index in [0.29, 0.717) is 0 Å². The number of nitrogens with one attached hydrogen (secondary N) is 1. The van der Waals surface area contributed by atoms with Gasteiger partial charge in [0.2, 0.25) is 0 Å². The summed E-state index contributed by atoms with van der Waals surface area (Å²) in [5.74, 6) is 2.82. The number of hydrogen-bond donors (Lipinski definition) is 1. The topological polar surface area (TPSA) is 28.4 Å². The SMILES string of the molecule is Cc1ccc(N(C)CCC2CCNC2)o1. The van der Waals surface area contributed by atoms with Crippen LogP contribution in [0.15, 0.2) is 16.5 Å². The fourth-order valence-corrected chi connectivity index (χ4v) is 2.07. The number of furan rings is 1. The van der Waals surface area contributed by atoms with Gasteiger partial charge in [-0.1, -0.05) is 0 Å². The van der Waals surface area contributed by atoms with E-state index in [4.69, 9.17) is 4.42 Å². The molecule has 1 aromatic heterocycles. The van der Waals surface area contributed by atoms with Crippen molar-refractivity contribution < 1.29 is 4.42 Å². The van der Waals surface area contributed by atoms with E-state index in [0.717, 1.165) is 24.1 Å². The van der Waals surface area contributed by atoms with Crippen LogP contribution >= 0.6 is 0 Å². The highest BCUT2D eigenvalue weighted by Gasteiger charge is 2.15. The summed E-state index contributed by atoms with van der Waals surface area (Å²) >= 11 is 0. The molecule has 1 aliphatic rings. The van der Waals surface area contributed by atoms with Gasteiger partial charge in [-0.25, -0.2) is 0 Å². The summed E-state index contributed by atoms with van der Waals surface area (Å²) in [6.45, 7) is 5.44. The van der Waals surface area contributed by atoms with E-state index in [1.165, 1.54) is 25.9 Å². The van der Waals surface area contributed by atoms with Gasteiger partial charge in [-0.05, 0) is 44.8 Å². The quantitative estimate of drug-likeness (QED) is 0.820. The van der Waals surface area contributed by atoms with Crippen LogP contribution in [0, 0.1) is 12.8 Å². The fourth-order valence-electron chi connectivity index (χ4n) is 2.07. The molecule has 0 spiro atoms. The first kappa shape index (κ1) is 10.6. The highest BCUT2D eigenvalue weighted by atomic mass is 16.4. The average molecular weight is 208 g/mol. The molecule has 1 atom stereocenters. The molecule has 2 rings (SSSR count). The summed E-state index contributed by atoms with van der Waals surface area (Å²) in [6, 6.07) is 4.06.